The van der Waals surface area contributed by atoms with Crippen LogP contribution in [-0.2, 0) is 14.3 Å². The summed E-state index contributed by atoms with van der Waals surface area (Å²) in [6, 6.07) is 0. The number of hydrogen-bond donors (Lipinski definition) is 0. The average molecular weight is 131 g/mol. The summed E-state index contributed by atoms with van der Waals surface area (Å²) in [5.74, 6) is -0.0347. The van der Waals surface area contributed by atoms with Crippen LogP contribution < -0.4 is 0 Å². The fourth-order valence-corrected chi connectivity index (χ4v) is 0.544. The van der Waals surface area contributed by atoms with E-state index in [0.717, 1.165) is 0 Å². The summed E-state index contributed by atoms with van der Waals surface area (Å²) in [6.07, 6.45) is 0. The fourth-order valence-electron chi connectivity index (χ4n) is 0.544. The van der Waals surface area contributed by atoms with Gasteiger partial charge in [0.2, 0.25) is 5.91 Å². The smallest absolute Gasteiger partial charge is 0.250 e. The Kier molecular flexibility index (Phi) is 2.02. The lowest BCUT2D eigenvalue weighted by Gasteiger charge is -2.10. The summed E-state index contributed by atoms with van der Waals surface area (Å²) in [4.78, 5) is 12.2. The van der Waals surface area contributed by atoms with Crippen LogP contribution in [0.3, 0.4) is 0 Å². The predicted octanol–water partition coefficient (Wildman–Crippen LogP) is -0.593. The summed E-state index contributed by atoms with van der Waals surface area (Å²) in [7, 11) is 1.68. The van der Waals surface area contributed by atoms with Crippen molar-refractivity contribution in [1.82, 2.24) is 4.90 Å². The van der Waals surface area contributed by atoms with Crippen LogP contribution >= 0.6 is 0 Å². The van der Waals surface area contributed by atoms with Gasteiger partial charge in [0.25, 0.3) is 0 Å². The maximum absolute atomic E-state index is 10.7. The van der Waals surface area contributed by atoms with Gasteiger partial charge < -0.3 is 14.4 Å². The van der Waals surface area contributed by atoms with Crippen molar-refractivity contribution in [1.29, 1.82) is 0 Å². The molecule has 0 radical (unpaired) electrons. The molecule has 1 amide bonds. The van der Waals surface area contributed by atoms with Gasteiger partial charge in [-0.1, -0.05) is 0 Å². The zero-order valence-corrected chi connectivity index (χ0v) is 5.29. The van der Waals surface area contributed by atoms with Gasteiger partial charge >= 0.3 is 0 Å². The van der Waals surface area contributed by atoms with E-state index in [1.807, 2.05) is 0 Å². The van der Waals surface area contributed by atoms with Crippen molar-refractivity contribution in [3.8, 4) is 0 Å². The lowest BCUT2D eigenvalue weighted by molar-refractivity contribution is -0.132. The van der Waals surface area contributed by atoms with Crippen LogP contribution in [0, 0.1) is 0 Å². The molecule has 1 saturated heterocycles. The summed E-state index contributed by atoms with van der Waals surface area (Å²) in [5.41, 5.74) is 0. The maximum Gasteiger partial charge on any atom is 0.250 e. The molecular formula is C5H9NO3. The van der Waals surface area contributed by atoms with E-state index in [2.05, 4.69) is 0 Å². The molecule has 52 valence electrons. The Bertz CT molecular complexity index is 115. The number of amides is 1. The van der Waals surface area contributed by atoms with E-state index in [9.17, 15) is 4.79 Å². The SMILES string of the molecule is CN1COCOCC1=O. The Labute approximate surface area is 53.3 Å². The first kappa shape index (κ1) is 6.51. The molecule has 1 fully saturated rings. The third kappa shape index (κ3) is 1.65. The quantitative estimate of drug-likeness (QED) is 0.441. The van der Waals surface area contributed by atoms with Gasteiger partial charge in [-0.2, -0.15) is 0 Å². The molecule has 0 aliphatic carbocycles. The van der Waals surface area contributed by atoms with Crippen molar-refractivity contribution in [2.45, 2.75) is 0 Å². The topological polar surface area (TPSA) is 38.8 Å². The van der Waals surface area contributed by atoms with Gasteiger partial charge in [-0.05, 0) is 0 Å². The molecule has 0 atom stereocenters. The number of carbonyl (C=O) groups excluding carboxylic acids is 1. The molecular weight excluding hydrogens is 122 g/mol. The van der Waals surface area contributed by atoms with Gasteiger partial charge in [0.15, 0.2) is 0 Å². The molecule has 0 bridgehead atoms. The molecule has 1 aliphatic heterocycles. The summed E-state index contributed by atoms with van der Waals surface area (Å²) >= 11 is 0. The van der Waals surface area contributed by atoms with Crippen LogP contribution in [0.1, 0.15) is 0 Å². The van der Waals surface area contributed by atoms with Gasteiger partial charge in [-0.25, -0.2) is 0 Å². The van der Waals surface area contributed by atoms with Gasteiger partial charge in [0.1, 0.15) is 20.1 Å². The minimum atomic E-state index is -0.0347. The molecule has 0 aromatic rings. The molecule has 4 heteroatoms. The van der Waals surface area contributed by atoms with Crippen molar-refractivity contribution in [2.75, 3.05) is 27.2 Å². The zero-order valence-electron chi connectivity index (χ0n) is 5.29. The van der Waals surface area contributed by atoms with Crippen molar-refractivity contribution in [3.05, 3.63) is 0 Å². The fraction of sp³-hybridized carbons (Fsp3) is 0.800. The highest BCUT2D eigenvalue weighted by Crippen LogP contribution is 1.92. The molecule has 9 heavy (non-hydrogen) atoms. The molecule has 0 saturated carbocycles. The number of nitrogens with zero attached hydrogens (tertiary/aromatic N) is 1. The number of hydrogen-bond acceptors (Lipinski definition) is 3. The van der Waals surface area contributed by atoms with Crippen molar-refractivity contribution in [2.24, 2.45) is 0 Å². The van der Waals surface area contributed by atoms with E-state index in [-0.39, 0.29) is 19.3 Å². The molecule has 0 N–H and O–H groups in total. The van der Waals surface area contributed by atoms with Gasteiger partial charge in [-0.15, -0.1) is 0 Å². The maximum atomic E-state index is 10.7. The van der Waals surface area contributed by atoms with E-state index in [0.29, 0.717) is 6.73 Å². The highest BCUT2D eigenvalue weighted by Gasteiger charge is 2.11. The normalized spacial score (nSPS) is 21.9. The first-order valence-electron chi connectivity index (χ1n) is 2.70. The Balaban J connectivity index is 2.41. The molecule has 0 unspecified atom stereocenters. The molecule has 0 aromatic heterocycles. The van der Waals surface area contributed by atoms with Crippen LogP contribution in [0.2, 0.25) is 0 Å². The Morgan fingerprint density at radius 1 is 1.56 bits per heavy atom. The zero-order chi connectivity index (χ0) is 6.69. The Morgan fingerprint density at radius 2 is 2.33 bits per heavy atom. The molecule has 0 aromatic carbocycles. The monoisotopic (exact) mass is 131 g/mol. The number of likely N-dealkylation sites (N-methyl/N-ethyl adjacent to an activating group) is 1. The van der Waals surface area contributed by atoms with E-state index < -0.39 is 0 Å². The first-order chi connectivity index (χ1) is 4.30. The summed E-state index contributed by atoms with van der Waals surface area (Å²) in [6.45, 7) is 0.686. The molecule has 4 nitrogen and oxygen atoms in total. The van der Waals surface area contributed by atoms with E-state index in [1.165, 1.54) is 4.90 Å². The highest BCUT2D eigenvalue weighted by molar-refractivity contribution is 5.77. The molecule has 1 heterocycles. The largest absolute Gasteiger partial charge is 0.346 e. The van der Waals surface area contributed by atoms with E-state index in [4.69, 9.17) is 9.47 Å². The van der Waals surface area contributed by atoms with Crippen LogP contribution in [0.5, 0.6) is 0 Å². The minimum Gasteiger partial charge on any atom is -0.346 e. The van der Waals surface area contributed by atoms with E-state index >= 15 is 0 Å². The number of carbonyl (C=O) groups is 1. The van der Waals surface area contributed by atoms with Crippen LogP contribution in [0.15, 0.2) is 0 Å². The van der Waals surface area contributed by atoms with Gasteiger partial charge in [0, 0.05) is 7.05 Å². The highest BCUT2D eigenvalue weighted by atomic mass is 16.7. The molecule has 0 spiro atoms. The third-order valence-corrected chi connectivity index (χ3v) is 1.10. The lowest BCUT2D eigenvalue weighted by atomic mass is 10.6. The standard InChI is InChI=1S/C5H9NO3/c1-6-3-9-4-8-2-5(6)7/h2-4H2,1H3. The second-order valence-corrected chi connectivity index (χ2v) is 1.89. The third-order valence-electron chi connectivity index (χ3n) is 1.10. The van der Waals surface area contributed by atoms with Crippen molar-refractivity contribution >= 4 is 5.91 Å². The summed E-state index contributed by atoms with van der Waals surface area (Å²) in [5, 5.41) is 0. The van der Waals surface area contributed by atoms with Crippen LogP contribution in [0.25, 0.3) is 0 Å². The predicted molar refractivity (Wildman–Crippen MR) is 29.5 cm³/mol. The van der Waals surface area contributed by atoms with Crippen molar-refractivity contribution < 1.29 is 14.3 Å². The second kappa shape index (κ2) is 2.80. The first-order valence-corrected chi connectivity index (χ1v) is 2.70. The number of rotatable bonds is 0. The average Bonchev–Trinajstić information content (AvgIpc) is 1.99. The second-order valence-electron chi connectivity index (χ2n) is 1.89. The van der Waals surface area contributed by atoms with Crippen LogP contribution in [0.4, 0.5) is 0 Å². The number of ether oxygens (including phenoxy) is 2. The lowest BCUT2D eigenvalue weighted by Crippen LogP contribution is -2.28. The Hall–Kier alpha value is -0.610. The Morgan fingerprint density at radius 3 is 3.11 bits per heavy atom. The van der Waals surface area contributed by atoms with Gasteiger partial charge in [-0.3, -0.25) is 4.79 Å². The molecule has 1 aliphatic rings. The van der Waals surface area contributed by atoms with Crippen LogP contribution in [-0.4, -0.2) is 38.0 Å². The molecule has 1 rings (SSSR count). The minimum absolute atomic E-state index is 0.0347. The van der Waals surface area contributed by atoms with Gasteiger partial charge in [0.05, 0.1) is 0 Å². The van der Waals surface area contributed by atoms with Crippen molar-refractivity contribution in [3.63, 3.8) is 0 Å². The van der Waals surface area contributed by atoms with E-state index in [1.54, 1.807) is 7.05 Å². The summed E-state index contributed by atoms with van der Waals surface area (Å²) < 4.78 is 9.62.